The topological polar surface area (TPSA) is 41.8 Å². The number of aryl methyl sites for hydroxylation is 1. The molecule has 0 saturated carbocycles. The smallest absolute Gasteiger partial charge is 0.0283 e. The van der Waals surface area contributed by atoms with E-state index < -0.39 is 0 Å². The molecule has 0 spiro atoms. The van der Waals surface area contributed by atoms with E-state index in [1.165, 1.54) is 24.1 Å². The van der Waals surface area contributed by atoms with E-state index in [4.69, 9.17) is 5.73 Å². The predicted octanol–water partition coefficient (Wildman–Crippen LogP) is 2.38. The highest BCUT2D eigenvalue weighted by Gasteiger charge is 2.06. The van der Waals surface area contributed by atoms with Crippen LogP contribution in [0.2, 0.25) is 0 Å². The van der Waals surface area contributed by atoms with Crippen molar-refractivity contribution in [3.8, 4) is 0 Å². The lowest BCUT2D eigenvalue weighted by molar-refractivity contribution is 0.744. The van der Waals surface area contributed by atoms with Crippen molar-refractivity contribution in [2.75, 3.05) is 0 Å². The molecule has 0 aliphatic rings. The molecule has 0 aliphatic carbocycles. The van der Waals surface area contributed by atoms with E-state index in [0.717, 1.165) is 6.42 Å². The molecule has 0 fully saturated rings. The van der Waals surface area contributed by atoms with Gasteiger partial charge in [-0.25, -0.2) is 0 Å². The zero-order valence-corrected chi connectivity index (χ0v) is 7.93. The van der Waals surface area contributed by atoms with Crippen LogP contribution in [0.3, 0.4) is 0 Å². The maximum Gasteiger partial charge on any atom is 0.0283 e. The molecule has 0 radical (unpaired) electrons. The summed E-state index contributed by atoms with van der Waals surface area (Å²) in [6.07, 6.45) is 5.57. The van der Waals surface area contributed by atoms with Gasteiger partial charge in [-0.15, -0.1) is 0 Å². The Kier molecular flexibility index (Phi) is 3.35. The summed E-state index contributed by atoms with van der Waals surface area (Å²) in [7, 11) is 0. The molecule has 2 heteroatoms. The highest BCUT2D eigenvalue weighted by Crippen LogP contribution is 2.16. The summed E-state index contributed by atoms with van der Waals surface area (Å²) in [6, 6.07) is 2.23. The van der Waals surface area contributed by atoms with Crippen LogP contribution in [0, 0.1) is 0 Å². The second-order valence-electron chi connectivity index (χ2n) is 3.30. The van der Waals surface area contributed by atoms with Crippen LogP contribution in [0.25, 0.3) is 0 Å². The number of aromatic nitrogens is 1. The minimum Gasteiger partial charge on any atom is -0.365 e. The summed E-state index contributed by atoms with van der Waals surface area (Å²) < 4.78 is 0. The predicted molar refractivity (Wildman–Crippen MR) is 52.0 cm³/mol. The van der Waals surface area contributed by atoms with E-state index in [1.54, 1.807) is 0 Å². The van der Waals surface area contributed by atoms with Gasteiger partial charge < -0.3 is 10.7 Å². The first-order valence-electron chi connectivity index (χ1n) is 4.67. The fourth-order valence-electron chi connectivity index (χ4n) is 1.41. The van der Waals surface area contributed by atoms with Crippen molar-refractivity contribution >= 4 is 0 Å². The van der Waals surface area contributed by atoms with Crippen LogP contribution in [-0.2, 0) is 6.42 Å². The molecule has 68 valence electrons. The Labute approximate surface area is 74.2 Å². The molecule has 0 saturated heterocycles. The second-order valence-corrected chi connectivity index (χ2v) is 3.30. The number of H-pyrrole nitrogens is 1. The molecule has 0 aromatic carbocycles. The molecule has 1 heterocycles. The Morgan fingerprint density at radius 1 is 1.58 bits per heavy atom. The number of nitrogens with one attached hydrogen (secondary N) is 1. The van der Waals surface area contributed by atoms with Gasteiger partial charge in [-0.1, -0.05) is 13.3 Å². The van der Waals surface area contributed by atoms with Crippen LogP contribution >= 0.6 is 0 Å². The molecule has 3 N–H and O–H groups in total. The summed E-state index contributed by atoms with van der Waals surface area (Å²) >= 11 is 0. The lowest BCUT2D eigenvalue weighted by Crippen LogP contribution is -2.06. The van der Waals surface area contributed by atoms with Crippen molar-refractivity contribution in [2.45, 2.75) is 39.2 Å². The number of unbranched alkanes of at least 4 members (excludes halogenated alkanes) is 1. The first-order valence-corrected chi connectivity index (χ1v) is 4.67. The van der Waals surface area contributed by atoms with Crippen molar-refractivity contribution in [3.63, 3.8) is 0 Å². The van der Waals surface area contributed by atoms with Crippen molar-refractivity contribution in [1.82, 2.24) is 4.98 Å². The van der Waals surface area contributed by atoms with E-state index in [-0.39, 0.29) is 6.04 Å². The van der Waals surface area contributed by atoms with E-state index in [0.29, 0.717) is 0 Å². The second kappa shape index (κ2) is 4.31. The van der Waals surface area contributed by atoms with Crippen LogP contribution in [0.4, 0.5) is 0 Å². The summed E-state index contributed by atoms with van der Waals surface area (Å²) in [5, 5.41) is 0. The normalized spacial score (nSPS) is 13.2. The van der Waals surface area contributed by atoms with Gasteiger partial charge in [0.2, 0.25) is 0 Å². The van der Waals surface area contributed by atoms with Gasteiger partial charge in [0.15, 0.2) is 0 Å². The van der Waals surface area contributed by atoms with Gasteiger partial charge in [0.25, 0.3) is 0 Å². The fourth-order valence-corrected chi connectivity index (χ4v) is 1.41. The highest BCUT2D eigenvalue weighted by molar-refractivity contribution is 5.23. The Hall–Kier alpha value is -0.760. The van der Waals surface area contributed by atoms with E-state index >= 15 is 0 Å². The van der Waals surface area contributed by atoms with Crippen LogP contribution in [-0.4, -0.2) is 4.98 Å². The maximum atomic E-state index is 5.81. The zero-order chi connectivity index (χ0) is 8.97. The number of hydrogen-bond donors (Lipinski definition) is 2. The minimum atomic E-state index is 0.156. The van der Waals surface area contributed by atoms with Gasteiger partial charge >= 0.3 is 0 Å². The monoisotopic (exact) mass is 166 g/mol. The average molecular weight is 166 g/mol. The third-order valence-corrected chi connectivity index (χ3v) is 2.14. The van der Waals surface area contributed by atoms with Gasteiger partial charge in [-0.05, 0) is 31.4 Å². The van der Waals surface area contributed by atoms with Crippen LogP contribution in [0.1, 0.15) is 44.0 Å². The van der Waals surface area contributed by atoms with Crippen LogP contribution in [0.15, 0.2) is 12.3 Å². The highest BCUT2D eigenvalue weighted by atomic mass is 14.7. The first-order chi connectivity index (χ1) is 5.75. The van der Waals surface area contributed by atoms with Gasteiger partial charge in [0, 0.05) is 17.9 Å². The van der Waals surface area contributed by atoms with E-state index in [2.05, 4.69) is 18.0 Å². The Morgan fingerprint density at radius 3 is 2.92 bits per heavy atom. The molecule has 12 heavy (non-hydrogen) atoms. The fraction of sp³-hybridized carbons (Fsp3) is 0.600. The molecular formula is C10H18N2. The van der Waals surface area contributed by atoms with Crippen LogP contribution in [0.5, 0.6) is 0 Å². The van der Waals surface area contributed by atoms with Gasteiger partial charge in [0.1, 0.15) is 0 Å². The lowest BCUT2D eigenvalue weighted by Gasteiger charge is -2.06. The summed E-state index contributed by atoms with van der Waals surface area (Å²) in [4.78, 5) is 3.24. The molecule has 1 unspecified atom stereocenters. The molecule has 0 bridgehead atoms. The third-order valence-electron chi connectivity index (χ3n) is 2.14. The van der Waals surface area contributed by atoms with Crippen molar-refractivity contribution in [3.05, 3.63) is 23.5 Å². The molecular weight excluding hydrogens is 148 g/mol. The molecule has 0 amide bonds. The summed E-state index contributed by atoms with van der Waals surface area (Å²) in [5.74, 6) is 0. The molecule has 1 aromatic rings. The number of aromatic amines is 1. The molecule has 1 aromatic heterocycles. The number of nitrogens with two attached hydrogens (primary N) is 1. The zero-order valence-electron chi connectivity index (χ0n) is 7.93. The Bertz CT molecular complexity index is 225. The summed E-state index contributed by atoms with van der Waals surface area (Å²) in [5.41, 5.74) is 8.39. The first kappa shape index (κ1) is 9.33. The van der Waals surface area contributed by atoms with Gasteiger partial charge in [-0.3, -0.25) is 0 Å². The minimum absolute atomic E-state index is 0.156. The molecule has 1 atom stereocenters. The largest absolute Gasteiger partial charge is 0.365 e. The van der Waals surface area contributed by atoms with Crippen molar-refractivity contribution < 1.29 is 0 Å². The van der Waals surface area contributed by atoms with E-state index in [1.807, 2.05) is 13.1 Å². The van der Waals surface area contributed by atoms with Crippen molar-refractivity contribution in [1.29, 1.82) is 0 Å². The SMILES string of the molecule is CCCCc1[nH]ccc1C(C)N. The van der Waals surface area contributed by atoms with Crippen LogP contribution < -0.4 is 5.73 Å². The number of hydrogen-bond acceptors (Lipinski definition) is 1. The Morgan fingerprint density at radius 2 is 2.33 bits per heavy atom. The van der Waals surface area contributed by atoms with Gasteiger partial charge in [0.05, 0.1) is 0 Å². The quantitative estimate of drug-likeness (QED) is 0.708. The number of rotatable bonds is 4. The Balaban J connectivity index is 2.64. The maximum absolute atomic E-state index is 5.81. The standard InChI is InChI=1S/C10H18N2/c1-3-4-5-10-9(8(2)11)6-7-12-10/h6-8,12H,3-5,11H2,1-2H3. The van der Waals surface area contributed by atoms with Gasteiger partial charge in [-0.2, -0.15) is 0 Å². The summed E-state index contributed by atoms with van der Waals surface area (Å²) in [6.45, 7) is 4.23. The van der Waals surface area contributed by atoms with Crippen molar-refractivity contribution in [2.24, 2.45) is 5.73 Å². The van der Waals surface area contributed by atoms with E-state index in [9.17, 15) is 0 Å². The average Bonchev–Trinajstić information content (AvgIpc) is 2.48. The molecule has 0 aliphatic heterocycles. The third kappa shape index (κ3) is 2.11. The lowest BCUT2D eigenvalue weighted by atomic mass is 10.1. The molecule has 2 nitrogen and oxygen atoms in total. The molecule has 1 rings (SSSR count).